The van der Waals surface area contributed by atoms with E-state index in [1.165, 1.54) is 0 Å². The Kier molecular flexibility index (Phi) is 8.43. The Bertz CT molecular complexity index is 905. The summed E-state index contributed by atoms with van der Waals surface area (Å²) < 4.78 is 176. The summed E-state index contributed by atoms with van der Waals surface area (Å²) in [6, 6.07) is 0. The second-order valence-electron chi connectivity index (χ2n) is 9.98. The van der Waals surface area contributed by atoms with Gasteiger partial charge in [0, 0.05) is 0 Å². The topological polar surface area (TPSA) is 69.7 Å². The molecule has 1 rings (SSSR count). The number of halogens is 12. The molecule has 5 unspecified atom stereocenters. The Morgan fingerprint density at radius 3 is 1.68 bits per heavy atom. The molecule has 0 amide bonds. The number of cyclic esters (lactones) is 2. The van der Waals surface area contributed by atoms with Gasteiger partial charge < -0.3 is 9.47 Å². The number of hydrogen-bond acceptors (Lipinski definition) is 5. The normalized spacial score (nSPS) is 27.1. The van der Waals surface area contributed by atoms with Crippen molar-refractivity contribution >= 4 is 17.9 Å². The molecule has 0 N–H and O–H groups in total. The maximum Gasteiger partial charge on any atom is 0.404 e. The molecule has 5 atom stereocenters. The summed E-state index contributed by atoms with van der Waals surface area (Å²) in [4.78, 5) is 35.7. The first-order valence-corrected chi connectivity index (χ1v) is 10.2. The fourth-order valence-corrected chi connectivity index (χ4v) is 3.72. The van der Waals surface area contributed by atoms with Crippen LogP contribution < -0.4 is 0 Å². The van der Waals surface area contributed by atoms with Crippen molar-refractivity contribution in [2.24, 2.45) is 17.3 Å². The molecule has 1 saturated heterocycles. The number of ether oxygens (including phenoxy) is 2. The zero-order chi connectivity index (χ0) is 29.8. The molecule has 0 aromatic heterocycles. The van der Waals surface area contributed by atoms with E-state index in [2.05, 4.69) is 9.47 Å². The summed E-state index contributed by atoms with van der Waals surface area (Å²) in [5.74, 6) is -22.1. The van der Waals surface area contributed by atoms with Crippen LogP contribution >= 0.6 is 0 Å². The van der Waals surface area contributed by atoms with Crippen LogP contribution in [0.25, 0.3) is 0 Å². The summed E-state index contributed by atoms with van der Waals surface area (Å²) in [5, 5.41) is 0. The first kappa shape index (κ1) is 32.8. The molecule has 1 aliphatic rings. The number of hydrogen-bond donors (Lipinski definition) is 0. The van der Waals surface area contributed by atoms with Crippen molar-refractivity contribution in [2.45, 2.75) is 89.1 Å². The molecule has 17 heteroatoms. The van der Waals surface area contributed by atoms with Crippen LogP contribution in [-0.2, 0) is 23.9 Å². The van der Waals surface area contributed by atoms with Crippen molar-refractivity contribution in [1.82, 2.24) is 0 Å². The molecule has 5 nitrogen and oxygen atoms in total. The molecule has 0 radical (unpaired) electrons. The monoisotopic (exact) mass is 570 g/mol. The smallest absolute Gasteiger partial charge is 0.404 e. The quantitative estimate of drug-likeness (QED) is 0.207. The van der Waals surface area contributed by atoms with Gasteiger partial charge in [0.1, 0.15) is 11.5 Å². The van der Waals surface area contributed by atoms with Crippen LogP contribution in [0.2, 0.25) is 0 Å². The van der Waals surface area contributed by atoms with E-state index in [1.54, 1.807) is 0 Å². The highest BCUT2D eigenvalue weighted by Gasteiger charge is 2.73. The van der Waals surface area contributed by atoms with Gasteiger partial charge in [0.25, 0.3) is 5.67 Å². The van der Waals surface area contributed by atoms with E-state index >= 15 is 4.39 Å². The zero-order valence-corrected chi connectivity index (χ0v) is 19.7. The van der Waals surface area contributed by atoms with Crippen LogP contribution in [0, 0.1) is 17.3 Å². The van der Waals surface area contributed by atoms with E-state index in [0.717, 1.165) is 20.8 Å². The lowest BCUT2D eigenvalue weighted by atomic mass is 9.68. The van der Waals surface area contributed by atoms with Crippen LogP contribution in [-0.4, -0.2) is 59.5 Å². The molecule has 1 heterocycles. The van der Waals surface area contributed by atoms with Gasteiger partial charge in [-0.1, -0.05) is 0 Å². The van der Waals surface area contributed by atoms with Crippen LogP contribution in [0.4, 0.5) is 52.7 Å². The van der Waals surface area contributed by atoms with Crippen molar-refractivity contribution in [1.29, 1.82) is 0 Å². The lowest BCUT2D eigenvalue weighted by Crippen LogP contribution is -2.56. The number of carbonyl (C=O) groups excluding carboxylic acids is 3. The molecule has 0 aromatic rings. The molecule has 0 aliphatic carbocycles. The highest BCUT2D eigenvalue weighted by molar-refractivity contribution is 6.05. The average molecular weight is 570 g/mol. The van der Waals surface area contributed by atoms with Gasteiger partial charge >= 0.3 is 42.6 Å². The second-order valence-corrected chi connectivity index (χ2v) is 9.98. The summed E-state index contributed by atoms with van der Waals surface area (Å²) in [6.07, 6.45) is -22.8. The molecule has 1 fully saturated rings. The average Bonchev–Trinajstić information content (AvgIpc) is 2.77. The van der Waals surface area contributed by atoms with Gasteiger partial charge in [-0.05, 0) is 53.4 Å². The summed E-state index contributed by atoms with van der Waals surface area (Å²) in [5.41, 5.74) is -14.8. The fourth-order valence-electron chi connectivity index (χ4n) is 3.72. The first-order chi connectivity index (χ1) is 16.1. The standard InChI is InChI=1S/C20H22F12O5/c1-14(2,3)37-11(33)15(4,20(30,31)32)6-8(9(19(27,28)29)18(25,26)10(21)22)7-17(24)13(35)36-12(34)16(17,5)23/h8-10H,6-7H2,1-5H3. The Morgan fingerprint density at radius 2 is 1.38 bits per heavy atom. The Hall–Kier alpha value is -2.23. The molecule has 0 spiro atoms. The van der Waals surface area contributed by atoms with Crippen LogP contribution in [0.15, 0.2) is 0 Å². The van der Waals surface area contributed by atoms with E-state index < -0.39 is 89.6 Å². The van der Waals surface area contributed by atoms with Gasteiger partial charge in [-0.15, -0.1) is 0 Å². The van der Waals surface area contributed by atoms with Gasteiger partial charge in [-0.2, -0.15) is 35.1 Å². The molecule has 0 bridgehead atoms. The maximum absolute atomic E-state index is 15.4. The highest BCUT2D eigenvalue weighted by Crippen LogP contribution is 2.56. The van der Waals surface area contributed by atoms with Gasteiger partial charge in [0.15, 0.2) is 5.41 Å². The minimum Gasteiger partial charge on any atom is -0.459 e. The van der Waals surface area contributed by atoms with Gasteiger partial charge in [-0.25, -0.2) is 27.2 Å². The number of rotatable bonds is 8. The van der Waals surface area contributed by atoms with E-state index in [-0.39, 0.29) is 13.8 Å². The van der Waals surface area contributed by atoms with Crippen LogP contribution in [0.5, 0.6) is 0 Å². The summed E-state index contributed by atoms with van der Waals surface area (Å²) in [7, 11) is 0. The van der Waals surface area contributed by atoms with Gasteiger partial charge in [0.2, 0.25) is 5.67 Å². The lowest BCUT2D eigenvalue weighted by Gasteiger charge is -2.41. The summed E-state index contributed by atoms with van der Waals surface area (Å²) in [6.45, 7) is 2.87. The zero-order valence-electron chi connectivity index (χ0n) is 19.7. The third-order valence-electron chi connectivity index (χ3n) is 5.86. The minimum absolute atomic E-state index is 0.0675. The summed E-state index contributed by atoms with van der Waals surface area (Å²) >= 11 is 0. The number of alkyl halides is 12. The van der Waals surface area contributed by atoms with Crippen molar-refractivity contribution in [3.63, 3.8) is 0 Å². The van der Waals surface area contributed by atoms with Crippen molar-refractivity contribution in [3.8, 4) is 0 Å². The maximum atomic E-state index is 15.4. The van der Waals surface area contributed by atoms with Gasteiger partial charge in [0.05, 0.1) is 0 Å². The molecule has 0 aromatic carbocycles. The van der Waals surface area contributed by atoms with Gasteiger partial charge in [-0.3, -0.25) is 4.79 Å². The number of carbonyl (C=O) groups is 3. The third kappa shape index (κ3) is 6.10. The first-order valence-electron chi connectivity index (χ1n) is 10.2. The van der Waals surface area contributed by atoms with E-state index in [4.69, 9.17) is 0 Å². The second kappa shape index (κ2) is 9.50. The minimum atomic E-state index is -6.51. The van der Waals surface area contributed by atoms with E-state index in [1.807, 2.05) is 0 Å². The Labute approximate surface area is 201 Å². The number of esters is 3. The highest BCUT2D eigenvalue weighted by atomic mass is 19.4. The fraction of sp³-hybridized carbons (Fsp3) is 0.850. The van der Waals surface area contributed by atoms with E-state index in [9.17, 15) is 62.7 Å². The molecule has 0 saturated carbocycles. The lowest BCUT2D eigenvalue weighted by molar-refractivity contribution is -0.298. The molecule has 216 valence electrons. The Morgan fingerprint density at radius 1 is 0.919 bits per heavy atom. The molecule has 1 aliphatic heterocycles. The largest absolute Gasteiger partial charge is 0.459 e. The van der Waals surface area contributed by atoms with Crippen LogP contribution in [0.3, 0.4) is 0 Å². The Balaban J connectivity index is 3.91. The predicted octanol–water partition coefficient (Wildman–Crippen LogP) is 5.89. The molecular formula is C20H22F12O5. The van der Waals surface area contributed by atoms with Crippen molar-refractivity contribution in [3.05, 3.63) is 0 Å². The predicted molar refractivity (Wildman–Crippen MR) is 97.7 cm³/mol. The SMILES string of the molecule is CC(C)(C)OC(=O)C(C)(CC(CC1(F)C(=O)OC(=O)C1(C)F)C(C(F)(F)F)C(F)(F)C(F)F)C(F)(F)F. The third-order valence-corrected chi connectivity index (χ3v) is 5.86. The molecular weight excluding hydrogens is 548 g/mol. The molecule has 37 heavy (non-hydrogen) atoms. The van der Waals surface area contributed by atoms with Crippen molar-refractivity contribution in [2.75, 3.05) is 0 Å². The van der Waals surface area contributed by atoms with E-state index in [0.29, 0.717) is 0 Å². The van der Waals surface area contributed by atoms with Crippen LogP contribution in [0.1, 0.15) is 47.5 Å². The van der Waals surface area contributed by atoms with Crippen molar-refractivity contribution < 1.29 is 76.5 Å².